The molecule has 1 aliphatic rings. The Morgan fingerprint density at radius 1 is 1.06 bits per heavy atom. The molecule has 0 saturated heterocycles. The van der Waals surface area contributed by atoms with Crippen LogP contribution in [0.2, 0.25) is 0 Å². The van der Waals surface area contributed by atoms with E-state index in [-0.39, 0.29) is 0 Å². The van der Waals surface area contributed by atoms with Gasteiger partial charge in [-0.1, -0.05) is 40.5 Å². The van der Waals surface area contributed by atoms with Gasteiger partial charge in [0.15, 0.2) is 0 Å². The van der Waals surface area contributed by atoms with Crippen molar-refractivity contribution < 1.29 is 0 Å². The first-order valence-electron chi connectivity index (χ1n) is 7.27. The maximum absolute atomic E-state index is 3.73. The van der Waals surface area contributed by atoms with Gasteiger partial charge in [-0.25, -0.2) is 0 Å². The zero-order valence-electron chi connectivity index (χ0n) is 11.8. The molecule has 0 aromatic rings. The van der Waals surface area contributed by atoms with E-state index in [1.807, 2.05) is 0 Å². The normalized spacial score (nSPS) is 27.8. The number of hydrogen-bond acceptors (Lipinski definition) is 1. The molecule has 16 heavy (non-hydrogen) atoms. The van der Waals surface area contributed by atoms with Gasteiger partial charge >= 0.3 is 0 Å². The summed E-state index contributed by atoms with van der Waals surface area (Å²) in [6.07, 6.45) is 9.72. The summed E-state index contributed by atoms with van der Waals surface area (Å²) in [6.45, 7) is 10.7. The van der Waals surface area contributed by atoms with Gasteiger partial charge in [-0.3, -0.25) is 0 Å². The first-order chi connectivity index (χ1) is 7.54. The Kier molecular flexibility index (Phi) is 5.82. The highest BCUT2D eigenvalue weighted by Crippen LogP contribution is 2.36. The lowest BCUT2D eigenvalue weighted by Gasteiger charge is -2.29. The fourth-order valence-corrected chi connectivity index (χ4v) is 2.85. The van der Waals surface area contributed by atoms with E-state index in [1.54, 1.807) is 0 Å². The van der Waals surface area contributed by atoms with E-state index in [1.165, 1.54) is 51.5 Å². The van der Waals surface area contributed by atoms with Crippen molar-refractivity contribution in [2.75, 3.05) is 6.54 Å². The molecule has 0 aromatic heterocycles. The molecule has 96 valence electrons. The predicted octanol–water partition coefficient (Wildman–Crippen LogP) is 4.37. The predicted molar refractivity (Wildman–Crippen MR) is 72.7 cm³/mol. The first kappa shape index (κ1) is 14.0. The monoisotopic (exact) mass is 225 g/mol. The van der Waals surface area contributed by atoms with Crippen LogP contribution in [-0.4, -0.2) is 12.6 Å². The van der Waals surface area contributed by atoms with E-state index in [9.17, 15) is 0 Å². The smallest absolute Gasteiger partial charge is 0.00671 e. The molecule has 1 nitrogen and oxygen atoms in total. The second-order valence-corrected chi connectivity index (χ2v) is 6.58. The van der Waals surface area contributed by atoms with Crippen molar-refractivity contribution in [2.24, 2.45) is 11.3 Å². The Bertz CT molecular complexity index is 180. The molecule has 2 unspecified atom stereocenters. The Balaban J connectivity index is 2.29. The van der Waals surface area contributed by atoms with Gasteiger partial charge in [-0.15, -0.1) is 0 Å². The Labute approximate surface area is 102 Å². The minimum absolute atomic E-state index is 0.512. The van der Waals surface area contributed by atoms with E-state index < -0.39 is 0 Å². The van der Waals surface area contributed by atoms with Gasteiger partial charge in [0.1, 0.15) is 0 Å². The van der Waals surface area contributed by atoms with Crippen LogP contribution in [0.3, 0.4) is 0 Å². The van der Waals surface area contributed by atoms with Crippen molar-refractivity contribution in [1.29, 1.82) is 0 Å². The summed E-state index contributed by atoms with van der Waals surface area (Å²) in [4.78, 5) is 0. The van der Waals surface area contributed by atoms with E-state index in [0.29, 0.717) is 5.41 Å². The summed E-state index contributed by atoms with van der Waals surface area (Å²) in [5, 5.41) is 3.73. The van der Waals surface area contributed by atoms with Crippen LogP contribution in [0.4, 0.5) is 0 Å². The molecule has 0 spiro atoms. The molecule has 0 amide bonds. The van der Waals surface area contributed by atoms with Gasteiger partial charge in [0.05, 0.1) is 0 Å². The Morgan fingerprint density at radius 3 is 2.44 bits per heavy atom. The minimum Gasteiger partial charge on any atom is -0.314 e. The summed E-state index contributed by atoms with van der Waals surface area (Å²) in [5.41, 5.74) is 0.512. The third kappa shape index (κ3) is 4.86. The van der Waals surface area contributed by atoms with Gasteiger partial charge in [0, 0.05) is 6.04 Å². The van der Waals surface area contributed by atoms with Gasteiger partial charge in [0.25, 0.3) is 0 Å². The van der Waals surface area contributed by atoms with Gasteiger partial charge in [-0.2, -0.15) is 0 Å². The molecule has 2 atom stereocenters. The van der Waals surface area contributed by atoms with Crippen LogP contribution in [-0.2, 0) is 0 Å². The molecule has 1 fully saturated rings. The highest BCUT2D eigenvalue weighted by atomic mass is 14.9. The summed E-state index contributed by atoms with van der Waals surface area (Å²) >= 11 is 0. The molecule has 1 heteroatoms. The van der Waals surface area contributed by atoms with Crippen molar-refractivity contribution in [3.63, 3.8) is 0 Å². The van der Waals surface area contributed by atoms with Gasteiger partial charge in [-0.05, 0) is 50.0 Å². The van der Waals surface area contributed by atoms with E-state index in [2.05, 4.69) is 33.0 Å². The first-order valence-corrected chi connectivity index (χ1v) is 7.27. The third-order valence-corrected chi connectivity index (χ3v) is 4.16. The molecule has 1 aliphatic carbocycles. The number of unbranched alkanes of at least 4 members (excludes halogenated alkanes) is 1. The van der Waals surface area contributed by atoms with Crippen molar-refractivity contribution >= 4 is 0 Å². The third-order valence-electron chi connectivity index (χ3n) is 4.16. The fraction of sp³-hybridized carbons (Fsp3) is 1.00. The molecule has 1 N–H and O–H groups in total. The van der Waals surface area contributed by atoms with Crippen molar-refractivity contribution in [3.05, 3.63) is 0 Å². The maximum Gasteiger partial charge on any atom is 0.00671 e. The summed E-state index contributed by atoms with van der Waals surface area (Å²) < 4.78 is 0. The highest BCUT2D eigenvalue weighted by Gasteiger charge is 2.27. The lowest BCUT2D eigenvalue weighted by molar-refractivity contribution is 0.213. The second-order valence-electron chi connectivity index (χ2n) is 6.58. The van der Waals surface area contributed by atoms with Crippen LogP contribution >= 0.6 is 0 Å². The van der Waals surface area contributed by atoms with Crippen LogP contribution in [0.5, 0.6) is 0 Å². The van der Waals surface area contributed by atoms with Gasteiger partial charge < -0.3 is 5.32 Å². The molecule has 0 aliphatic heterocycles. The van der Waals surface area contributed by atoms with Crippen molar-refractivity contribution in [2.45, 2.75) is 78.7 Å². The van der Waals surface area contributed by atoms with E-state index in [4.69, 9.17) is 0 Å². The van der Waals surface area contributed by atoms with Crippen molar-refractivity contribution in [3.8, 4) is 0 Å². The molecular formula is C15H31N. The Hall–Kier alpha value is -0.0400. The van der Waals surface area contributed by atoms with Crippen LogP contribution in [0.1, 0.15) is 72.6 Å². The molecule has 0 bridgehead atoms. The molecular weight excluding hydrogens is 194 g/mol. The molecule has 1 rings (SSSR count). The quantitative estimate of drug-likeness (QED) is 0.553. The van der Waals surface area contributed by atoms with Crippen LogP contribution in [0.25, 0.3) is 0 Å². The lowest BCUT2D eigenvalue weighted by atomic mass is 9.76. The topological polar surface area (TPSA) is 12.0 Å². The second kappa shape index (κ2) is 6.64. The van der Waals surface area contributed by atoms with Crippen molar-refractivity contribution in [1.82, 2.24) is 5.32 Å². The molecule has 0 heterocycles. The molecule has 1 saturated carbocycles. The van der Waals surface area contributed by atoms with Crippen LogP contribution in [0.15, 0.2) is 0 Å². The largest absolute Gasteiger partial charge is 0.314 e. The standard InChI is InChI=1S/C15H31N/c1-5-6-12-16-14-9-7-8-13(10-11-14)15(2,3)4/h13-14,16H,5-12H2,1-4H3. The van der Waals surface area contributed by atoms with Gasteiger partial charge in [0.2, 0.25) is 0 Å². The number of hydrogen-bond donors (Lipinski definition) is 1. The lowest BCUT2D eigenvalue weighted by Crippen LogP contribution is -2.29. The zero-order valence-corrected chi connectivity index (χ0v) is 11.8. The number of rotatable bonds is 4. The molecule has 0 radical (unpaired) electrons. The number of nitrogens with one attached hydrogen (secondary N) is 1. The zero-order chi connectivity index (χ0) is 12.0. The average molecular weight is 225 g/mol. The maximum atomic E-state index is 3.73. The minimum atomic E-state index is 0.512. The SMILES string of the molecule is CCCCNC1CCCC(C(C)(C)C)CC1. The summed E-state index contributed by atoms with van der Waals surface area (Å²) in [5.74, 6) is 0.936. The van der Waals surface area contributed by atoms with E-state index >= 15 is 0 Å². The van der Waals surface area contributed by atoms with Crippen LogP contribution < -0.4 is 5.32 Å². The molecule has 0 aromatic carbocycles. The van der Waals surface area contributed by atoms with Crippen LogP contribution in [0, 0.1) is 11.3 Å². The Morgan fingerprint density at radius 2 is 1.81 bits per heavy atom. The summed E-state index contributed by atoms with van der Waals surface area (Å²) in [7, 11) is 0. The van der Waals surface area contributed by atoms with E-state index in [0.717, 1.165) is 12.0 Å². The highest BCUT2D eigenvalue weighted by molar-refractivity contribution is 4.81. The summed E-state index contributed by atoms with van der Waals surface area (Å²) in [6, 6.07) is 0.805. The fourth-order valence-electron chi connectivity index (χ4n) is 2.85. The average Bonchev–Trinajstić information content (AvgIpc) is 2.43.